The minimum atomic E-state index is -0.218. The van der Waals surface area contributed by atoms with Crippen LogP contribution in [0.2, 0.25) is 0 Å². The predicted octanol–water partition coefficient (Wildman–Crippen LogP) is 4.41. The van der Waals surface area contributed by atoms with Crippen LogP contribution in [0.25, 0.3) is 11.1 Å². The molecular weight excluding hydrogens is 358 g/mol. The Morgan fingerprint density at radius 3 is 2.62 bits per heavy atom. The number of nitrogens with one attached hydrogen (secondary N) is 1. The van der Waals surface area contributed by atoms with Crippen molar-refractivity contribution in [3.8, 4) is 11.1 Å². The molecule has 0 aliphatic carbocycles. The first kappa shape index (κ1) is 19.1. The van der Waals surface area contributed by atoms with E-state index < -0.39 is 0 Å². The quantitative estimate of drug-likeness (QED) is 0.685. The van der Waals surface area contributed by atoms with Crippen LogP contribution in [0.5, 0.6) is 0 Å². The van der Waals surface area contributed by atoms with Crippen molar-refractivity contribution in [3.63, 3.8) is 0 Å². The first-order valence-electron chi connectivity index (χ1n) is 9.87. The minimum absolute atomic E-state index is 0.122. The number of rotatable bonds is 5. The molecular formula is C25H25N3O. The lowest BCUT2D eigenvalue weighted by atomic mass is 9.97. The molecule has 0 unspecified atom stereocenters. The van der Waals surface area contributed by atoms with Crippen LogP contribution in [0.15, 0.2) is 71.7 Å². The summed E-state index contributed by atoms with van der Waals surface area (Å²) in [4.78, 5) is 17.4. The molecule has 1 aliphatic rings. The number of nitrogens with zero attached hydrogens (tertiary/aromatic N) is 1. The number of nitrogens with two attached hydrogens (primary N) is 1. The van der Waals surface area contributed by atoms with Gasteiger partial charge >= 0.3 is 0 Å². The summed E-state index contributed by atoms with van der Waals surface area (Å²) in [5.74, 6) is -0.122. The highest BCUT2D eigenvalue weighted by Gasteiger charge is 2.16. The van der Waals surface area contributed by atoms with E-state index in [1.165, 1.54) is 11.1 Å². The van der Waals surface area contributed by atoms with Crippen molar-refractivity contribution < 1.29 is 4.79 Å². The maximum Gasteiger partial charge on any atom is 0.251 e. The molecule has 146 valence electrons. The van der Waals surface area contributed by atoms with Crippen LogP contribution >= 0.6 is 0 Å². The van der Waals surface area contributed by atoms with Gasteiger partial charge in [0.25, 0.3) is 5.91 Å². The lowest BCUT2D eigenvalue weighted by Crippen LogP contribution is -2.33. The molecule has 3 aromatic rings. The van der Waals surface area contributed by atoms with Gasteiger partial charge in [-0.05, 0) is 54.3 Å². The highest BCUT2D eigenvalue weighted by Crippen LogP contribution is 2.27. The van der Waals surface area contributed by atoms with Gasteiger partial charge in [0.15, 0.2) is 0 Å². The highest BCUT2D eigenvalue weighted by molar-refractivity contribution is 6.03. The number of carbonyl (C=O) groups excluding carboxylic acids is 1. The molecule has 4 nitrogen and oxygen atoms in total. The number of amides is 1. The first-order valence-corrected chi connectivity index (χ1v) is 9.87. The number of carbonyl (C=O) groups is 1. The number of aryl methyl sites for hydroxylation is 1. The highest BCUT2D eigenvalue weighted by atomic mass is 16.1. The number of fused-ring (bicyclic) bond motifs is 1. The molecule has 3 N–H and O–H groups in total. The lowest BCUT2D eigenvalue weighted by Gasteiger charge is -2.18. The van der Waals surface area contributed by atoms with Crippen molar-refractivity contribution in [3.05, 3.63) is 94.5 Å². The zero-order chi connectivity index (χ0) is 20.4. The number of hydrogen-bond donors (Lipinski definition) is 2. The molecule has 4 heteroatoms. The predicted molar refractivity (Wildman–Crippen MR) is 118 cm³/mol. The zero-order valence-corrected chi connectivity index (χ0v) is 16.8. The van der Waals surface area contributed by atoms with Crippen LogP contribution in [-0.4, -0.2) is 18.2 Å². The molecule has 1 aliphatic heterocycles. The molecule has 0 bridgehead atoms. The SMILES string of the molecule is CC1=NCc2ccc(-c3cccc(C(=O)N[C@@H](CN)c4cccc(C)c4)c3)cc21. The summed E-state index contributed by atoms with van der Waals surface area (Å²) in [5.41, 5.74) is 14.3. The Morgan fingerprint density at radius 2 is 1.83 bits per heavy atom. The molecule has 3 aromatic carbocycles. The smallest absolute Gasteiger partial charge is 0.251 e. The standard InChI is InChI=1S/C25H25N3O/c1-16-5-3-7-20(11-16)24(14-26)28-25(29)21-8-4-6-18(12-21)19-9-10-22-15-27-17(2)23(22)13-19/h3-13,24H,14-15,26H2,1-2H3,(H,28,29)/t24-/m0/s1. The van der Waals surface area contributed by atoms with Crippen molar-refractivity contribution in [1.82, 2.24) is 5.32 Å². The van der Waals surface area contributed by atoms with E-state index in [1.807, 2.05) is 56.3 Å². The summed E-state index contributed by atoms with van der Waals surface area (Å²) in [5, 5.41) is 3.07. The Hall–Kier alpha value is -3.24. The van der Waals surface area contributed by atoms with Crippen molar-refractivity contribution in [1.29, 1.82) is 0 Å². The van der Waals surface area contributed by atoms with Crippen LogP contribution < -0.4 is 11.1 Å². The van der Waals surface area contributed by atoms with Crippen LogP contribution in [0, 0.1) is 6.92 Å². The molecule has 29 heavy (non-hydrogen) atoms. The van der Waals surface area contributed by atoms with E-state index in [2.05, 4.69) is 34.6 Å². The van der Waals surface area contributed by atoms with Crippen LogP contribution in [0.3, 0.4) is 0 Å². The summed E-state index contributed by atoms with van der Waals surface area (Å²) in [6, 6.07) is 22.0. The molecule has 0 saturated carbocycles. The average Bonchev–Trinajstić information content (AvgIpc) is 3.12. The fourth-order valence-corrected chi connectivity index (χ4v) is 3.77. The third-order valence-electron chi connectivity index (χ3n) is 5.43. The Labute approximate surface area is 171 Å². The molecule has 0 radical (unpaired) electrons. The van der Waals surface area contributed by atoms with Crippen LogP contribution in [0.4, 0.5) is 0 Å². The molecule has 0 spiro atoms. The van der Waals surface area contributed by atoms with Crippen LogP contribution in [0.1, 0.15) is 45.6 Å². The second kappa shape index (κ2) is 8.02. The van der Waals surface area contributed by atoms with E-state index in [1.54, 1.807) is 0 Å². The summed E-state index contributed by atoms with van der Waals surface area (Å²) in [7, 11) is 0. The van der Waals surface area contributed by atoms with E-state index in [9.17, 15) is 4.79 Å². The van der Waals surface area contributed by atoms with Gasteiger partial charge in [0.2, 0.25) is 0 Å². The molecule has 1 amide bonds. The Kier molecular flexibility index (Phi) is 5.28. The van der Waals surface area contributed by atoms with Gasteiger partial charge in [0, 0.05) is 23.4 Å². The van der Waals surface area contributed by atoms with Gasteiger partial charge in [-0.15, -0.1) is 0 Å². The summed E-state index contributed by atoms with van der Waals surface area (Å²) in [6.07, 6.45) is 0. The van der Waals surface area contributed by atoms with Gasteiger partial charge in [-0.1, -0.05) is 54.1 Å². The fraction of sp³-hybridized carbons (Fsp3) is 0.200. The molecule has 0 aromatic heterocycles. The topological polar surface area (TPSA) is 67.5 Å². The lowest BCUT2D eigenvalue weighted by molar-refractivity contribution is 0.0938. The maximum absolute atomic E-state index is 12.9. The molecule has 1 heterocycles. The normalized spacial score (nSPS) is 13.6. The Balaban J connectivity index is 1.58. The van der Waals surface area contributed by atoms with Crippen molar-refractivity contribution in [2.45, 2.75) is 26.4 Å². The molecule has 0 fully saturated rings. The number of aliphatic imine (C=N–C) groups is 1. The minimum Gasteiger partial charge on any atom is -0.344 e. The fourth-order valence-electron chi connectivity index (χ4n) is 3.77. The second-order valence-corrected chi connectivity index (χ2v) is 7.53. The van der Waals surface area contributed by atoms with Crippen molar-refractivity contribution >= 4 is 11.6 Å². The molecule has 4 rings (SSSR count). The van der Waals surface area contributed by atoms with Gasteiger partial charge in [-0.25, -0.2) is 0 Å². The summed E-state index contributed by atoms with van der Waals surface area (Å²) < 4.78 is 0. The van der Waals surface area contributed by atoms with Gasteiger partial charge in [0.05, 0.1) is 12.6 Å². The first-order chi connectivity index (χ1) is 14.0. The van der Waals surface area contributed by atoms with Crippen molar-refractivity contribution in [2.24, 2.45) is 10.7 Å². The van der Waals surface area contributed by atoms with Gasteiger partial charge in [0.1, 0.15) is 0 Å². The van der Waals surface area contributed by atoms with Crippen LogP contribution in [-0.2, 0) is 6.54 Å². The van der Waals surface area contributed by atoms with Crippen molar-refractivity contribution in [2.75, 3.05) is 6.54 Å². The van der Waals surface area contributed by atoms with E-state index in [-0.39, 0.29) is 11.9 Å². The average molecular weight is 383 g/mol. The zero-order valence-electron chi connectivity index (χ0n) is 16.8. The van der Waals surface area contributed by atoms with E-state index >= 15 is 0 Å². The summed E-state index contributed by atoms with van der Waals surface area (Å²) in [6.45, 7) is 5.17. The molecule has 0 saturated heterocycles. The van der Waals surface area contributed by atoms with E-state index in [0.29, 0.717) is 12.1 Å². The summed E-state index contributed by atoms with van der Waals surface area (Å²) >= 11 is 0. The number of benzene rings is 3. The third-order valence-corrected chi connectivity index (χ3v) is 5.43. The largest absolute Gasteiger partial charge is 0.344 e. The maximum atomic E-state index is 12.9. The van der Waals surface area contributed by atoms with Gasteiger partial charge < -0.3 is 11.1 Å². The second-order valence-electron chi connectivity index (χ2n) is 7.53. The Morgan fingerprint density at radius 1 is 1.03 bits per heavy atom. The number of hydrogen-bond acceptors (Lipinski definition) is 3. The van der Waals surface area contributed by atoms with Gasteiger partial charge in [-0.3, -0.25) is 9.79 Å². The third kappa shape index (κ3) is 3.98. The van der Waals surface area contributed by atoms with Gasteiger partial charge in [-0.2, -0.15) is 0 Å². The Bertz CT molecular complexity index is 1100. The van der Waals surface area contributed by atoms with E-state index in [4.69, 9.17) is 5.73 Å². The molecule has 1 atom stereocenters. The monoisotopic (exact) mass is 383 g/mol. The van der Waals surface area contributed by atoms with E-state index in [0.717, 1.165) is 34.5 Å².